The van der Waals surface area contributed by atoms with Crippen LogP contribution in [0.2, 0.25) is 0 Å². The Morgan fingerprint density at radius 3 is 2.43 bits per heavy atom. The van der Waals surface area contributed by atoms with Gasteiger partial charge in [0.15, 0.2) is 0 Å². The zero-order valence-electron chi connectivity index (χ0n) is 16.5. The number of hydrogen-bond donors (Lipinski definition) is 0. The summed E-state index contributed by atoms with van der Waals surface area (Å²) in [6, 6.07) is 1.65. The second kappa shape index (κ2) is 6.97. The molecule has 0 aliphatic heterocycles. The monoisotopic (exact) mass is 448 g/mol. The van der Waals surface area contributed by atoms with Gasteiger partial charge in [0, 0.05) is 37.3 Å². The van der Waals surface area contributed by atoms with Crippen molar-refractivity contribution in [3.05, 3.63) is 21.7 Å². The van der Waals surface area contributed by atoms with E-state index in [1.807, 2.05) is 0 Å². The molecule has 0 radical (unpaired) electrons. The van der Waals surface area contributed by atoms with E-state index in [1.54, 1.807) is 6.07 Å². The van der Waals surface area contributed by atoms with Crippen LogP contribution in [0.4, 0.5) is 0 Å². The van der Waals surface area contributed by atoms with Gasteiger partial charge in [0.1, 0.15) is 17.3 Å². The molecule has 3 aliphatic carbocycles. The van der Waals surface area contributed by atoms with Gasteiger partial charge in [0.05, 0.1) is 4.47 Å². The van der Waals surface area contributed by atoms with Gasteiger partial charge >= 0.3 is 11.9 Å². The van der Waals surface area contributed by atoms with Crippen LogP contribution in [0.5, 0.6) is 11.5 Å². The molecule has 150 valence electrons. The summed E-state index contributed by atoms with van der Waals surface area (Å²) >= 11 is 3.62. The third-order valence-corrected chi connectivity index (χ3v) is 7.96. The molecule has 1 aromatic carbocycles. The van der Waals surface area contributed by atoms with Crippen LogP contribution in [0.15, 0.2) is 10.5 Å². The lowest BCUT2D eigenvalue weighted by atomic mass is 9.55. The minimum atomic E-state index is -0.416. The number of rotatable bonds is 2. The molecule has 0 amide bonds. The molecule has 3 aliphatic rings. The van der Waals surface area contributed by atoms with Gasteiger partial charge in [-0.2, -0.15) is 0 Å². The van der Waals surface area contributed by atoms with Gasteiger partial charge in [-0.15, -0.1) is 0 Å². The molecule has 0 aromatic heterocycles. The van der Waals surface area contributed by atoms with Crippen LogP contribution in [0.3, 0.4) is 0 Å². The largest absolute Gasteiger partial charge is 0.426 e. The van der Waals surface area contributed by atoms with Crippen molar-refractivity contribution in [2.24, 2.45) is 17.3 Å². The lowest BCUT2D eigenvalue weighted by molar-refractivity contribution is -0.132. The SMILES string of the molecule is CC(=O)Oc1cc(OC(C)=O)c2c(c1Br)CC[C@@H]1[C@@H]2CC[C@]2(C)C(=O)CC[C@@H]12. The van der Waals surface area contributed by atoms with E-state index >= 15 is 0 Å². The van der Waals surface area contributed by atoms with Gasteiger partial charge in [0.2, 0.25) is 0 Å². The number of hydrogen-bond acceptors (Lipinski definition) is 5. The maximum absolute atomic E-state index is 12.5. The summed E-state index contributed by atoms with van der Waals surface area (Å²) < 4.78 is 11.7. The molecule has 0 saturated heterocycles. The third-order valence-electron chi connectivity index (χ3n) is 7.09. The summed E-state index contributed by atoms with van der Waals surface area (Å²) in [6.07, 6.45) is 5.22. The molecule has 4 rings (SSSR count). The molecule has 0 spiro atoms. The molecule has 0 N–H and O–H groups in total. The lowest BCUT2D eigenvalue weighted by Crippen LogP contribution is -2.42. The molecule has 5 nitrogen and oxygen atoms in total. The van der Waals surface area contributed by atoms with Crippen molar-refractivity contribution in [1.29, 1.82) is 0 Å². The highest BCUT2D eigenvalue weighted by atomic mass is 79.9. The van der Waals surface area contributed by atoms with E-state index in [0.717, 1.165) is 47.7 Å². The fourth-order valence-corrected chi connectivity index (χ4v) is 6.53. The maximum Gasteiger partial charge on any atom is 0.308 e. The quantitative estimate of drug-likeness (QED) is 0.483. The number of ether oxygens (including phenoxy) is 2. The molecule has 4 atom stereocenters. The third kappa shape index (κ3) is 3.00. The number of benzene rings is 1. The van der Waals surface area contributed by atoms with Crippen molar-refractivity contribution in [1.82, 2.24) is 0 Å². The van der Waals surface area contributed by atoms with Crippen LogP contribution >= 0.6 is 15.9 Å². The second-order valence-electron chi connectivity index (χ2n) is 8.60. The Bertz CT molecular complexity index is 876. The van der Waals surface area contributed by atoms with Gasteiger partial charge in [-0.3, -0.25) is 14.4 Å². The highest BCUT2D eigenvalue weighted by molar-refractivity contribution is 9.10. The Hall–Kier alpha value is -1.69. The minimum absolute atomic E-state index is 0.199. The number of fused-ring (bicyclic) bond motifs is 5. The molecule has 1 aromatic rings. The average molecular weight is 449 g/mol. The average Bonchev–Trinajstić information content (AvgIpc) is 2.92. The lowest BCUT2D eigenvalue weighted by Gasteiger charge is -2.48. The first kappa shape index (κ1) is 19.6. The van der Waals surface area contributed by atoms with E-state index in [1.165, 1.54) is 13.8 Å². The molecule has 0 bridgehead atoms. The van der Waals surface area contributed by atoms with Crippen LogP contribution in [0.25, 0.3) is 0 Å². The predicted octanol–water partition coefficient (Wildman–Crippen LogP) is 4.72. The second-order valence-corrected chi connectivity index (χ2v) is 9.39. The number of Topliss-reactive ketones (excluding diaryl/α,β-unsaturated/α-hetero) is 1. The molecule has 0 heterocycles. The first-order valence-electron chi connectivity index (χ1n) is 9.97. The van der Waals surface area contributed by atoms with Crippen molar-refractivity contribution in [3.8, 4) is 11.5 Å². The standard InChI is InChI=1S/C22H25BrO5/c1-11(24)27-17-10-18(28-12(2)25)21(23)15-5-4-13-14(20(15)17)8-9-22(3)16(13)6-7-19(22)26/h10,13-14,16H,4-9H2,1-3H3/t13-,14+,16+,22+/m1/s1. The van der Waals surface area contributed by atoms with E-state index in [0.29, 0.717) is 35.5 Å². The fourth-order valence-electron chi connectivity index (χ4n) is 5.93. The summed E-state index contributed by atoms with van der Waals surface area (Å²) in [4.78, 5) is 35.8. The molecule has 0 unspecified atom stereocenters. The van der Waals surface area contributed by atoms with Gasteiger partial charge < -0.3 is 9.47 Å². The van der Waals surface area contributed by atoms with Gasteiger partial charge in [-0.25, -0.2) is 0 Å². The number of halogens is 1. The van der Waals surface area contributed by atoms with Gasteiger partial charge in [-0.05, 0) is 71.4 Å². The number of esters is 2. The molecule has 6 heteroatoms. The molecule has 2 saturated carbocycles. The highest BCUT2D eigenvalue weighted by Gasteiger charge is 2.55. The Labute approximate surface area is 173 Å². The normalized spacial score (nSPS) is 30.9. The molecule has 2 fully saturated rings. The summed E-state index contributed by atoms with van der Waals surface area (Å²) in [5.74, 6) is 1.54. The van der Waals surface area contributed by atoms with Crippen LogP contribution in [-0.4, -0.2) is 17.7 Å². The van der Waals surface area contributed by atoms with Crippen LogP contribution in [-0.2, 0) is 20.8 Å². The molecular weight excluding hydrogens is 424 g/mol. The Morgan fingerprint density at radius 2 is 1.75 bits per heavy atom. The van der Waals surface area contributed by atoms with E-state index < -0.39 is 11.9 Å². The van der Waals surface area contributed by atoms with E-state index in [-0.39, 0.29) is 11.3 Å². The summed E-state index contributed by atoms with van der Waals surface area (Å²) in [7, 11) is 0. The Kier molecular flexibility index (Phi) is 4.89. The van der Waals surface area contributed by atoms with Crippen molar-refractivity contribution in [3.63, 3.8) is 0 Å². The zero-order chi connectivity index (χ0) is 20.2. The summed E-state index contributed by atoms with van der Waals surface area (Å²) in [5.41, 5.74) is 1.91. The van der Waals surface area contributed by atoms with Crippen molar-refractivity contribution < 1.29 is 23.9 Å². The van der Waals surface area contributed by atoms with E-state index in [2.05, 4.69) is 22.9 Å². The topological polar surface area (TPSA) is 69.7 Å². The molecule has 28 heavy (non-hydrogen) atoms. The predicted molar refractivity (Wildman–Crippen MR) is 106 cm³/mol. The van der Waals surface area contributed by atoms with Gasteiger partial charge in [-0.1, -0.05) is 6.92 Å². The number of carbonyl (C=O) groups excluding carboxylic acids is 3. The van der Waals surface area contributed by atoms with Crippen LogP contribution < -0.4 is 9.47 Å². The highest BCUT2D eigenvalue weighted by Crippen LogP contribution is 2.61. The van der Waals surface area contributed by atoms with Crippen molar-refractivity contribution in [2.75, 3.05) is 0 Å². The Balaban J connectivity index is 1.80. The van der Waals surface area contributed by atoms with E-state index in [9.17, 15) is 14.4 Å². The van der Waals surface area contributed by atoms with Crippen LogP contribution in [0, 0.1) is 17.3 Å². The summed E-state index contributed by atoms with van der Waals surface area (Å²) in [6.45, 7) is 4.88. The van der Waals surface area contributed by atoms with Crippen molar-refractivity contribution >= 4 is 33.7 Å². The number of carbonyl (C=O) groups is 3. The first-order chi connectivity index (χ1) is 13.2. The summed E-state index contributed by atoms with van der Waals surface area (Å²) in [5, 5.41) is 0. The minimum Gasteiger partial charge on any atom is -0.426 e. The van der Waals surface area contributed by atoms with Crippen LogP contribution in [0.1, 0.15) is 69.9 Å². The smallest absolute Gasteiger partial charge is 0.308 e. The zero-order valence-corrected chi connectivity index (χ0v) is 18.1. The van der Waals surface area contributed by atoms with Gasteiger partial charge in [0.25, 0.3) is 0 Å². The maximum atomic E-state index is 12.5. The number of ketones is 1. The molecular formula is C22H25BrO5. The van der Waals surface area contributed by atoms with E-state index in [4.69, 9.17) is 9.47 Å². The first-order valence-corrected chi connectivity index (χ1v) is 10.8. The Morgan fingerprint density at radius 1 is 1.07 bits per heavy atom. The fraction of sp³-hybridized carbons (Fsp3) is 0.591. The van der Waals surface area contributed by atoms with Crippen molar-refractivity contribution in [2.45, 2.75) is 65.2 Å².